The van der Waals surface area contributed by atoms with Gasteiger partial charge in [0.25, 0.3) is 0 Å². The molecular formula is C8H8F3N3O2. The molecule has 5 nitrogen and oxygen atoms in total. The second-order valence-electron chi connectivity index (χ2n) is 2.74. The lowest BCUT2D eigenvalue weighted by Crippen LogP contribution is -2.17. The topological polar surface area (TPSA) is 80.7 Å². The van der Waals surface area contributed by atoms with Crippen molar-refractivity contribution in [3.8, 4) is 5.88 Å². The van der Waals surface area contributed by atoms with Crippen LogP contribution < -0.4 is 10.5 Å². The molecule has 0 saturated heterocycles. The summed E-state index contributed by atoms with van der Waals surface area (Å²) in [6, 6.07) is 1.74. The van der Waals surface area contributed by atoms with Crippen LogP contribution in [0.25, 0.3) is 0 Å². The maximum atomic E-state index is 12.3. The lowest BCUT2D eigenvalue weighted by molar-refractivity contribution is -0.141. The van der Waals surface area contributed by atoms with E-state index >= 15 is 0 Å². The van der Waals surface area contributed by atoms with E-state index in [2.05, 4.69) is 14.9 Å². The second kappa shape index (κ2) is 4.25. The van der Waals surface area contributed by atoms with Gasteiger partial charge < -0.3 is 15.7 Å². The number of aromatic nitrogens is 1. The Balaban J connectivity index is 3.28. The SMILES string of the molecule is COc1nc(C(F)(F)F)ccc1C(N)=NO. The molecule has 1 aromatic rings. The molecule has 0 amide bonds. The number of hydrogen-bond acceptors (Lipinski definition) is 4. The van der Waals surface area contributed by atoms with E-state index in [1.165, 1.54) is 0 Å². The van der Waals surface area contributed by atoms with Crippen molar-refractivity contribution in [2.75, 3.05) is 7.11 Å². The molecule has 0 fully saturated rings. The van der Waals surface area contributed by atoms with Crippen LogP contribution in [0.15, 0.2) is 17.3 Å². The minimum atomic E-state index is -4.57. The minimum absolute atomic E-state index is 0.0157. The molecule has 88 valence electrons. The van der Waals surface area contributed by atoms with Gasteiger partial charge in [-0.2, -0.15) is 13.2 Å². The third-order valence-corrected chi connectivity index (χ3v) is 1.73. The van der Waals surface area contributed by atoms with Gasteiger partial charge in [-0.25, -0.2) is 4.98 Å². The quantitative estimate of drug-likeness (QED) is 0.349. The molecule has 3 N–H and O–H groups in total. The van der Waals surface area contributed by atoms with E-state index in [0.717, 1.165) is 19.2 Å². The zero-order valence-electron chi connectivity index (χ0n) is 8.12. The van der Waals surface area contributed by atoms with Crippen molar-refractivity contribution in [1.29, 1.82) is 0 Å². The number of methoxy groups -OCH3 is 1. The van der Waals surface area contributed by atoms with Crippen LogP contribution >= 0.6 is 0 Å². The largest absolute Gasteiger partial charge is 0.480 e. The Morgan fingerprint density at radius 3 is 2.56 bits per heavy atom. The molecule has 0 spiro atoms. The van der Waals surface area contributed by atoms with Crippen molar-refractivity contribution in [2.45, 2.75) is 6.18 Å². The van der Waals surface area contributed by atoms with E-state index in [1.54, 1.807) is 0 Å². The monoisotopic (exact) mass is 235 g/mol. The predicted molar refractivity (Wildman–Crippen MR) is 48.3 cm³/mol. The Hall–Kier alpha value is -1.99. The van der Waals surface area contributed by atoms with E-state index in [0.29, 0.717) is 0 Å². The van der Waals surface area contributed by atoms with E-state index in [-0.39, 0.29) is 17.3 Å². The average molecular weight is 235 g/mol. The molecule has 1 heterocycles. The first-order valence-corrected chi connectivity index (χ1v) is 4.00. The molecule has 0 unspecified atom stereocenters. The fourth-order valence-corrected chi connectivity index (χ4v) is 1.00. The zero-order chi connectivity index (χ0) is 12.3. The third-order valence-electron chi connectivity index (χ3n) is 1.73. The molecule has 0 aliphatic heterocycles. The number of nitrogens with zero attached hydrogens (tertiary/aromatic N) is 2. The number of ether oxygens (including phenoxy) is 1. The highest BCUT2D eigenvalue weighted by Crippen LogP contribution is 2.29. The van der Waals surface area contributed by atoms with Gasteiger partial charge in [-0.05, 0) is 12.1 Å². The van der Waals surface area contributed by atoms with Crippen LogP contribution in [0.3, 0.4) is 0 Å². The van der Waals surface area contributed by atoms with Crippen LogP contribution in [0.2, 0.25) is 0 Å². The van der Waals surface area contributed by atoms with Gasteiger partial charge in [-0.1, -0.05) is 5.16 Å². The van der Waals surface area contributed by atoms with Crippen molar-refractivity contribution in [3.63, 3.8) is 0 Å². The molecular weight excluding hydrogens is 227 g/mol. The molecule has 0 atom stereocenters. The summed E-state index contributed by atoms with van der Waals surface area (Å²) in [7, 11) is 1.14. The predicted octanol–water partition coefficient (Wildman–Crippen LogP) is 1.20. The van der Waals surface area contributed by atoms with Crippen molar-refractivity contribution < 1.29 is 23.1 Å². The highest BCUT2D eigenvalue weighted by atomic mass is 19.4. The Morgan fingerprint density at radius 2 is 2.12 bits per heavy atom. The summed E-state index contributed by atoms with van der Waals surface area (Å²) < 4.78 is 41.5. The molecule has 16 heavy (non-hydrogen) atoms. The van der Waals surface area contributed by atoms with Crippen LogP contribution in [0, 0.1) is 0 Å². The first-order valence-electron chi connectivity index (χ1n) is 4.00. The van der Waals surface area contributed by atoms with Gasteiger partial charge in [0.05, 0.1) is 12.7 Å². The number of oxime groups is 1. The molecule has 1 aromatic heterocycles. The number of halogens is 3. The van der Waals surface area contributed by atoms with Crippen molar-refractivity contribution in [2.24, 2.45) is 10.9 Å². The maximum Gasteiger partial charge on any atom is 0.433 e. The number of pyridine rings is 1. The number of nitrogens with two attached hydrogens (primary N) is 1. The Morgan fingerprint density at radius 1 is 1.50 bits per heavy atom. The maximum absolute atomic E-state index is 12.3. The Labute approximate surface area is 88.3 Å². The smallest absolute Gasteiger partial charge is 0.433 e. The summed E-state index contributed by atoms with van der Waals surface area (Å²) >= 11 is 0. The standard InChI is InChI=1S/C8H8F3N3O2/c1-16-7-4(6(12)14-15)2-3-5(13-7)8(9,10)11/h2-3,15H,1H3,(H2,12,14). The van der Waals surface area contributed by atoms with Gasteiger partial charge >= 0.3 is 6.18 Å². The first-order chi connectivity index (χ1) is 7.40. The minimum Gasteiger partial charge on any atom is -0.480 e. The van der Waals surface area contributed by atoms with Crippen LogP contribution in [-0.2, 0) is 6.18 Å². The normalized spacial score (nSPS) is 12.6. The fourth-order valence-electron chi connectivity index (χ4n) is 1.00. The summed E-state index contributed by atoms with van der Waals surface area (Å²) in [4.78, 5) is 3.21. The summed E-state index contributed by atoms with van der Waals surface area (Å²) in [5.74, 6) is -0.733. The summed E-state index contributed by atoms with van der Waals surface area (Å²) in [6.07, 6.45) is -4.57. The van der Waals surface area contributed by atoms with Crippen molar-refractivity contribution in [1.82, 2.24) is 4.98 Å². The molecule has 0 radical (unpaired) electrons. The van der Waals surface area contributed by atoms with Crippen LogP contribution in [-0.4, -0.2) is 23.1 Å². The van der Waals surface area contributed by atoms with Crippen molar-refractivity contribution in [3.05, 3.63) is 23.4 Å². The highest BCUT2D eigenvalue weighted by molar-refractivity contribution is 5.99. The summed E-state index contributed by atoms with van der Waals surface area (Å²) in [6.45, 7) is 0. The van der Waals surface area contributed by atoms with Gasteiger partial charge in [-0.15, -0.1) is 0 Å². The Kier molecular flexibility index (Phi) is 3.21. The van der Waals surface area contributed by atoms with E-state index in [1.807, 2.05) is 0 Å². The van der Waals surface area contributed by atoms with Gasteiger partial charge in [0.15, 0.2) is 5.84 Å². The molecule has 8 heteroatoms. The van der Waals surface area contributed by atoms with Gasteiger partial charge in [-0.3, -0.25) is 0 Å². The first kappa shape index (κ1) is 12.1. The zero-order valence-corrected chi connectivity index (χ0v) is 8.12. The lowest BCUT2D eigenvalue weighted by atomic mass is 10.2. The molecule has 1 rings (SSSR count). The van der Waals surface area contributed by atoms with E-state index in [9.17, 15) is 13.2 Å². The van der Waals surface area contributed by atoms with Crippen LogP contribution in [0.4, 0.5) is 13.2 Å². The number of amidine groups is 1. The second-order valence-corrected chi connectivity index (χ2v) is 2.74. The molecule has 0 aromatic carbocycles. The average Bonchev–Trinajstić information content (AvgIpc) is 2.26. The van der Waals surface area contributed by atoms with Gasteiger partial charge in [0.1, 0.15) is 5.69 Å². The fraction of sp³-hybridized carbons (Fsp3) is 0.250. The summed E-state index contributed by atoms with van der Waals surface area (Å²) in [5.41, 5.74) is 4.10. The van der Waals surface area contributed by atoms with E-state index in [4.69, 9.17) is 10.9 Å². The van der Waals surface area contributed by atoms with Crippen LogP contribution in [0.5, 0.6) is 5.88 Å². The summed E-state index contributed by atoms with van der Waals surface area (Å²) in [5, 5.41) is 11.0. The van der Waals surface area contributed by atoms with Crippen LogP contribution in [0.1, 0.15) is 11.3 Å². The van der Waals surface area contributed by atoms with Gasteiger partial charge in [0, 0.05) is 0 Å². The Bertz CT molecular complexity index is 417. The lowest BCUT2D eigenvalue weighted by Gasteiger charge is -2.10. The number of alkyl halides is 3. The molecule has 0 aliphatic carbocycles. The van der Waals surface area contributed by atoms with E-state index < -0.39 is 11.9 Å². The third kappa shape index (κ3) is 2.33. The molecule has 0 saturated carbocycles. The molecule has 0 bridgehead atoms. The number of hydrogen-bond donors (Lipinski definition) is 2. The highest BCUT2D eigenvalue weighted by Gasteiger charge is 2.33. The number of rotatable bonds is 2. The molecule has 0 aliphatic rings. The van der Waals surface area contributed by atoms with Gasteiger partial charge in [0.2, 0.25) is 5.88 Å². The van der Waals surface area contributed by atoms with Crippen molar-refractivity contribution >= 4 is 5.84 Å².